The van der Waals surface area contributed by atoms with Crippen molar-refractivity contribution >= 4 is 23.6 Å². The van der Waals surface area contributed by atoms with Crippen molar-refractivity contribution in [2.24, 2.45) is 0 Å². The first-order chi connectivity index (χ1) is 7.72. The van der Waals surface area contributed by atoms with E-state index in [1.807, 2.05) is 6.20 Å². The van der Waals surface area contributed by atoms with Gasteiger partial charge < -0.3 is 9.55 Å². The van der Waals surface area contributed by atoms with E-state index in [4.69, 9.17) is 12.2 Å². The molecular formula is C12H16N2S2. The van der Waals surface area contributed by atoms with E-state index in [2.05, 4.69) is 40.2 Å². The average Bonchev–Trinajstić information content (AvgIpc) is 2.87. The van der Waals surface area contributed by atoms with Gasteiger partial charge in [0.2, 0.25) is 0 Å². The van der Waals surface area contributed by atoms with E-state index in [1.165, 1.54) is 11.3 Å². The highest BCUT2D eigenvalue weighted by atomic mass is 32.1. The molecule has 0 saturated carbocycles. The molecule has 0 spiro atoms. The Balaban J connectivity index is 2.23. The summed E-state index contributed by atoms with van der Waals surface area (Å²) in [6.07, 6.45) is 4.08. The number of rotatable bonds is 4. The average molecular weight is 252 g/mol. The quantitative estimate of drug-likeness (QED) is 0.816. The molecule has 4 heteroatoms. The minimum absolute atomic E-state index is 0.420. The summed E-state index contributed by atoms with van der Waals surface area (Å²) in [5.41, 5.74) is 2.68. The summed E-state index contributed by atoms with van der Waals surface area (Å²) in [7, 11) is 0. The predicted molar refractivity (Wildman–Crippen MR) is 71.7 cm³/mol. The molecular weight excluding hydrogens is 236 g/mol. The Morgan fingerprint density at radius 2 is 2.38 bits per heavy atom. The summed E-state index contributed by atoms with van der Waals surface area (Å²) in [4.78, 5) is 3.13. The van der Waals surface area contributed by atoms with Crippen molar-refractivity contribution in [2.75, 3.05) is 0 Å². The lowest BCUT2D eigenvalue weighted by Crippen LogP contribution is -2.10. The summed E-state index contributed by atoms with van der Waals surface area (Å²) in [5.74, 6) is 0. The van der Waals surface area contributed by atoms with Gasteiger partial charge in [-0.3, -0.25) is 0 Å². The van der Waals surface area contributed by atoms with Crippen LogP contribution >= 0.6 is 23.6 Å². The zero-order valence-electron chi connectivity index (χ0n) is 9.56. The van der Waals surface area contributed by atoms with Crippen LogP contribution in [0.3, 0.4) is 0 Å². The van der Waals surface area contributed by atoms with Crippen LogP contribution in [0.1, 0.15) is 31.1 Å². The molecule has 2 rings (SSSR count). The number of nitrogens with zero attached hydrogens (tertiary/aromatic N) is 1. The summed E-state index contributed by atoms with van der Waals surface area (Å²) >= 11 is 7.07. The number of aryl methyl sites for hydroxylation is 1. The molecule has 0 fully saturated rings. The van der Waals surface area contributed by atoms with E-state index in [0.29, 0.717) is 6.04 Å². The Bertz CT molecular complexity index is 493. The minimum Gasteiger partial charge on any atom is -0.337 e. The largest absolute Gasteiger partial charge is 0.337 e. The van der Waals surface area contributed by atoms with Crippen molar-refractivity contribution in [1.29, 1.82) is 0 Å². The number of thiophene rings is 1. The van der Waals surface area contributed by atoms with Crippen molar-refractivity contribution in [1.82, 2.24) is 9.55 Å². The molecule has 16 heavy (non-hydrogen) atoms. The van der Waals surface area contributed by atoms with Crippen molar-refractivity contribution in [3.63, 3.8) is 0 Å². The van der Waals surface area contributed by atoms with Crippen molar-refractivity contribution in [3.8, 4) is 0 Å². The fourth-order valence-corrected chi connectivity index (χ4v) is 3.05. The Hall–Kier alpha value is -0.870. The van der Waals surface area contributed by atoms with Gasteiger partial charge >= 0.3 is 0 Å². The fourth-order valence-electron chi connectivity index (χ4n) is 2.01. The Kier molecular flexibility index (Phi) is 3.61. The predicted octanol–water partition coefficient (Wildman–Crippen LogP) is 3.97. The minimum atomic E-state index is 0.420. The number of aromatic nitrogens is 2. The molecule has 1 atom stereocenters. The maximum absolute atomic E-state index is 5.32. The van der Waals surface area contributed by atoms with Crippen molar-refractivity contribution in [3.05, 3.63) is 39.1 Å². The maximum atomic E-state index is 5.32. The van der Waals surface area contributed by atoms with Crippen molar-refractivity contribution < 1.29 is 0 Å². The molecule has 1 unspecified atom stereocenters. The summed E-state index contributed by atoms with van der Waals surface area (Å²) in [6.45, 7) is 4.38. The van der Waals surface area contributed by atoms with Gasteiger partial charge in [0, 0.05) is 17.9 Å². The van der Waals surface area contributed by atoms with Crippen LogP contribution in [0.2, 0.25) is 0 Å². The summed E-state index contributed by atoms with van der Waals surface area (Å²) < 4.78 is 3.06. The molecule has 2 heterocycles. The van der Waals surface area contributed by atoms with Gasteiger partial charge in [0.05, 0.1) is 0 Å². The topological polar surface area (TPSA) is 20.7 Å². The van der Waals surface area contributed by atoms with Crippen LogP contribution in [-0.2, 0) is 12.8 Å². The lowest BCUT2D eigenvalue weighted by molar-refractivity contribution is 0.521. The van der Waals surface area contributed by atoms with Crippen LogP contribution in [0.15, 0.2) is 23.0 Å². The first-order valence-electron chi connectivity index (χ1n) is 5.52. The van der Waals surface area contributed by atoms with E-state index in [1.54, 1.807) is 11.3 Å². The molecule has 0 aromatic carbocycles. The second-order valence-corrected chi connectivity index (χ2v) is 5.16. The highest BCUT2D eigenvalue weighted by Gasteiger charge is 2.10. The van der Waals surface area contributed by atoms with Gasteiger partial charge in [-0.2, -0.15) is 11.3 Å². The van der Waals surface area contributed by atoms with Crippen LogP contribution in [-0.4, -0.2) is 9.55 Å². The molecule has 0 amide bonds. The number of hydrogen-bond donors (Lipinski definition) is 1. The molecule has 86 valence electrons. The summed E-state index contributed by atoms with van der Waals surface area (Å²) in [5, 5.41) is 4.33. The lowest BCUT2D eigenvalue weighted by Gasteiger charge is -2.15. The SMILES string of the molecule is CCc1c[nH]c(=S)n1C(C)Cc1ccsc1. The van der Waals surface area contributed by atoms with Gasteiger partial charge in [0.1, 0.15) is 0 Å². The van der Waals surface area contributed by atoms with Crippen LogP contribution in [0.4, 0.5) is 0 Å². The molecule has 0 saturated heterocycles. The number of nitrogens with one attached hydrogen (secondary N) is 1. The van der Waals surface area contributed by atoms with Crippen LogP contribution in [0.25, 0.3) is 0 Å². The van der Waals surface area contributed by atoms with Gasteiger partial charge in [-0.25, -0.2) is 0 Å². The monoisotopic (exact) mass is 252 g/mol. The maximum Gasteiger partial charge on any atom is 0.177 e. The van der Waals surface area contributed by atoms with E-state index in [-0.39, 0.29) is 0 Å². The number of imidazole rings is 1. The highest BCUT2D eigenvalue weighted by Crippen LogP contribution is 2.19. The third-order valence-corrected chi connectivity index (χ3v) is 3.85. The van der Waals surface area contributed by atoms with E-state index in [0.717, 1.165) is 17.6 Å². The Labute approximate surface area is 105 Å². The lowest BCUT2D eigenvalue weighted by atomic mass is 10.1. The van der Waals surface area contributed by atoms with Gasteiger partial charge in [0.25, 0.3) is 0 Å². The van der Waals surface area contributed by atoms with Crippen molar-refractivity contribution in [2.45, 2.75) is 32.7 Å². The van der Waals surface area contributed by atoms with Gasteiger partial charge in [-0.05, 0) is 54.4 Å². The number of H-pyrrole nitrogens is 1. The molecule has 0 aliphatic heterocycles. The molecule has 0 bridgehead atoms. The summed E-state index contributed by atoms with van der Waals surface area (Å²) in [6, 6.07) is 2.60. The second-order valence-electron chi connectivity index (χ2n) is 3.99. The first kappa shape index (κ1) is 11.6. The van der Waals surface area contributed by atoms with E-state index in [9.17, 15) is 0 Å². The molecule has 2 nitrogen and oxygen atoms in total. The van der Waals surface area contributed by atoms with E-state index < -0.39 is 0 Å². The normalized spacial score (nSPS) is 12.9. The van der Waals surface area contributed by atoms with Gasteiger partial charge in [0.15, 0.2) is 4.77 Å². The highest BCUT2D eigenvalue weighted by molar-refractivity contribution is 7.71. The van der Waals surface area contributed by atoms with Gasteiger partial charge in [-0.15, -0.1) is 0 Å². The molecule has 2 aromatic rings. The zero-order valence-corrected chi connectivity index (χ0v) is 11.2. The molecule has 2 aromatic heterocycles. The molecule has 0 aliphatic carbocycles. The third kappa shape index (κ3) is 2.28. The fraction of sp³-hybridized carbons (Fsp3) is 0.417. The first-order valence-corrected chi connectivity index (χ1v) is 6.87. The zero-order chi connectivity index (χ0) is 11.5. The smallest absolute Gasteiger partial charge is 0.177 e. The second kappa shape index (κ2) is 4.97. The Morgan fingerprint density at radius 1 is 1.56 bits per heavy atom. The third-order valence-electron chi connectivity index (χ3n) is 2.80. The number of aromatic amines is 1. The van der Waals surface area contributed by atoms with Crippen LogP contribution < -0.4 is 0 Å². The Morgan fingerprint density at radius 3 is 3.00 bits per heavy atom. The van der Waals surface area contributed by atoms with Crippen LogP contribution in [0.5, 0.6) is 0 Å². The standard InChI is InChI=1S/C12H16N2S2/c1-3-11-7-13-12(15)14(11)9(2)6-10-4-5-16-8-10/h4-5,7-9H,3,6H2,1-2H3,(H,13,15). The molecule has 1 N–H and O–H groups in total. The number of hydrogen-bond acceptors (Lipinski definition) is 2. The van der Waals surface area contributed by atoms with E-state index >= 15 is 0 Å². The van der Waals surface area contributed by atoms with Crippen LogP contribution in [0, 0.1) is 4.77 Å². The molecule has 0 radical (unpaired) electrons. The molecule has 0 aliphatic rings. The van der Waals surface area contributed by atoms with Gasteiger partial charge in [-0.1, -0.05) is 6.92 Å².